The van der Waals surface area contributed by atoms with E-state index in [0.717, 1.165) is 25.0 Å². The minimum Gasteiger partial charge on any atom is -0.467 e. The average molecular weight is 287 g/mol. The van der Waals surface area contributed by atoms with E-state index in [0.29, 0.717) is 18.5 Å². The van der Waals surface area contributed by atoms with Gasteiger partial charge in [0.2, 0.25) is 0 Å². The highest BCUT2D eigenvalue weighted by molar-refractivity contribution is 5.82. The highest BCUT2D eigenvalue weighted by Crippen LogP contribution is 2.34. The van der Waals surface area contributed by atoms with Gasteiger partial charge >= 0.3 is 12.1 Å². The monoisotopic (exact) mass is 287 g/mol. The first-order valence-corrected chi connectivity index (χ1v) is 6.41. The Morgan fingerprint density at radius 2 is 1.90 bits per heavy atom. The third kappa shape index (κ3) is 2.65. The van der Waals surface area contributed by atoms with Gasteiger partial charge in [0.25, 0.3) is 0 Å². The summed E-state index contributed by atoms with van der Waals surface area (Å²) in [6, 6.07) is 4.68. The Kier molecular flexibility index (Phi) is 4.04. The summed E-state index contributed by atoms with van der Waals surface area (Å²) in [5.74, 6) is -0.461. The number of carbonyl (C=O) groups excluding carboxylic acids is 1. The normalized spacial score (nSPS) is 23.4. The number of hydrogen-bond donors (Lipinski definition) is 1. The van der Waals surface area contributed by atoms with Gasteiger partial charge in [0.15, 0.2) is 0 Å². The van der Waals surface area contributed by atoms with Crippen LogP contribution in [0.3, 0.4) is 0 Å². The Morgan fingerprint density at radius 1 is 1.25 bits per heavy atom. The van der Waals surface area contributed by atoms with Gasteiger partial charge in [-0.25, -0.2) is 4.79 Å². The van der Waals surface area contributed by atoms with Crippen LogP contribution in [0.4, 0.5) is 13.2 Å². The first-order valence-electron chi connectivity index (χ1n) is 6.41. The van der Waals surface area contributed by atoms with Gasteiger partial charge in [-0.2, -0.15) is 13.2 Å². The molecule has 1 fully saturated rings. The van der Waals surface area contributed by atoms with Gasteiger partial charge in [-0.15, -0.1) is 0 Å². The molecule has 1 unspecified atom stereocenters. The van der Waals surface area contributed by atoms with Gasteiger partial charge in [0, 0.05) is 0 Å². The van der Waals surface area contributed by atoms with Gasteiger partial charge in [-0.3, -0.25) is 5.32 Å². The van der Waals surface area contributed by atoms with Crippen LogP contribution in [0.2, 0.25) is 0 Å². The lowest BCUT2D eigenvalue weighted by atomic mass is 9.82. The van der Waals surface area contributed by atoms with Crippen molar-refractivity contribution in [1.82, 2.24) is 5.32 Å². The average Bonchev–Trinajstić information content (AvgIpc) is 2.46. The van der Waals surface area contributed by atoms with Crippen LogP contribution in [-0.2, 0) is 21.2 Å². The van der Waals surface area contributed by atoms with Crippen LogP contribution >= 0.6 is 0 Å². The summed E-state index contributed by atoms with van der Waals surface area (Å²) >= 11 is 0. The fourth-order valence-corrected chi connectivity index (χ4v) is 2.56. The molecule has 2 rings (SSSR count). The van der Waals surface area contributed by atoms with Crippen LogP contribution in [-0.4, -0.2) is 19.6 Å². The molecule has 0 aromatic heterocycles. The van der Waals surface area contributed by atoms with E-state index in [2.05, 4.69) is 5.32 Å². The third-order valence-corrected chi connectivity index (χ3v) is 3.64. The topological polar surface area (TPSA) is 38.3 Å². The lowest BCUT2D eigenvalue weighted by molar-refractivity contribution is -0.150. The quantitative estimate of drug-likeness (QED) is 0.850. The van der Waals surface area contributed by atoms with E-state index >= 15 is 0 Å². The summed E-state index contributed by atoms with van der Waals surface area (Å²) in [5.41, 5.74) is -1.24. The maximum Gasteiger partial charge on any atom is 0.416 e. The zero-order valence-electron chi connectivity index (χ0n) is 11.1. The molecule has 0 saturated carbocycles. The van der Waals surface area contributed by atoms with E-state index in [9.17, 15) is 18.0 Å². The summed E-state index contributed by atoms with van der Waals surface area (Å²) in [6.07, 6.45) is -2.11. The fraction of sp³-hybridized carbons (Fsp3) is 0.500. The predicted octanol–water partition coefficient (Wildman–Crippen LogP) is 2.85. The van der Waals surface area contributed by atoms with E-state index in [4.69, 9.17) is 4.74 Å². The molecule has 0 spiro atoms. The standard InChI is InChI=1S/C14H16F3NO2/c1-20-12(19)13(8-2-3-9-18-13)10-4-6-11(7-5-10)14(15,16)17/h4-7,18H,2-3,8-9H2,1H3. The van der Waals surface area contributed by atoms with Crippen LogP contribution in [0.15, 0.2) is 24.3 Å². The molecule has 1 aliphatic rings. The zero-order chi connectivity index (χ0) is 14.8. The molecule has 1 saturated heterocycles. The Morgan fingerprint density at radius 3 is 2.35 bits per heavy atom. The number of piperidine rings is 1. The minimum atomic E-state index is -4.38. The zero-order valence-corrected chi connectivity index (χ0v) is 11.1. The van der Waals surface area contributed by atoms with E-state index in [1.807, 2.05) is 0 Å². The molecule has 1 aromatic carbocycles. The van der Waals surface area contributed by atoms with Crippen molar-refractivity contribution in [2.75, 3.05) is 13.7 Å². The molecule has 1 aromatic rings. The van der Waals surface area contributed by atoms with Gasteiger partial charge < -0.3 is 4.74 Å². The highest BCUT2D eigenvalue weighted by Gasteiger charge is 2.42. The summed E-state index contributed by atoms with van der Waals surface area (Å²) in [5, 5.41) is 3.10. The lowest BCUT2D eigenvalue weighted by Gasteiger charge is -2.36. The maximum absolute atomic E-state index is 12.6. The van der Waals surface area contributed by atoms with Crippen molar-refractivity contribution in [2.45, 2.75) is 31.0 Å². The van der Waals surface area contributed by atoms with Crippen molar-refractivity contribution < 1.29 is 22.7 Å². The van der Waals surface area contributed by atoms with Crippen LogP contribution in [0.25, 0.3) is 0 Å². The van der Waals surface area contributed by atoms with Crippen molar-refractivity contribution in [3.8, 4) is 0 Å². The molecule has 3 nitrogen and oxygen atoms in total. The second-order valence-corrected chi connectivity index (χ2v) is 4.86. The van der Waals surface area contributed by atoms with Gasteiger partial charge in [-0.1, -0.05) is 12.1 Å². The van der Waals surface area contributed by atoms with Crippen LogP contribution in [0, 0.1) is 0 Å². The SMILES string of the molecule is COC(=O)C1(c2ccc(C(F)(F)F)cc2)CCCCN1. The summed E-state index contributed by atoms with van der Waals surface area (Å²) in [6.45, 7) is 0.635. The largest absolute Gasteiger partial charge is 0.467 e. The fourth-order valence-electron chi connectivity index (χ4n) is 2.56. The van der Waals surface area contributed by atoms with Gasteiger partial charge in [0.1, 0.15) is 5.54 Å². The molecule has 0 bridgehead atoms. The number of halogens is 3. The smallest absolute Gasteiger partial charge is 0.416 e. The summed E-state index contributed by atoms with van der Waals surface area (Å²) < 4.78 is 42.5. The number of methoxy groups -OCH3 is 1. The highest BCUT2D eigenvalue weighted by atomic mass is 19.4. The first-order chi connectivity index (χ1) is 9.40. The molecular weight excluding hydrogens is 271 g/mol. The molecular formula is C14H16F3NO2. The molecule has 20 heavy (non-hydrogen) atoms. The predicted molar refractivity (Wildman–Crippen MR) is 67.0 cm³/mol. The molecule has 1 aliphatic heterocycles. The summed E-state index contributed by atoms with van der Waals surface area (Å²) in [7, 11) is 1.28. The second-order valence-electron chi connectivity index (χ2n) is 4.86. The second kappa shape index (κ2) is 5.44. The number of hydrogen-bond acceptors (Lipinski definition) is 3. The summed E-state index contributed by atoms with van der Waals surface area (Å²) in [4.78, 5) is 12.1. The van der Waals surface area contributed by atoms with E-state index < -0.39 is 23.2 Å². The Balaban J connectivity index is 2.37. The van der Waals surface area contributed by atoms with Gasteiger partial charge in [0.05, 0.1) is 12.7 Å². The van der Waals surface area contributed by atoms with Crippen molar-refractivity contribution >= 4 is 5.97 Å². The molecule has 110 valence electrons. The molecule has 1 N–H and O–H groups in total. The van der Waals surface area contributed by atoms with Crippen LogP contribution in [0.1, 0.15) is 30.4 Å². The Bertz CT molecular complexity index is 476. The van der Waals surface area contributed by atoms with E-state index in [-0.39, 0.29) is 0 Å². The van der Waals surface area contributed by atoms with Crippen molar-refractivity contribution in [1.29, 1.82) is 0 Å². The number of carbonyl (C=O) groups is 1. The number of benzene rings is 1. The third-order valence-electron chi connectivity index (χ3n) is 3.64. The number of nitrogens with one attached hydrogen (secondary N) is 1. The van der Waals surface area contributed by atoms with Crippen molar-refractivity contribution in [3.05, 3.63) is 35.4 Å². The number of ether oxygens (including phenoxy) is 1. The van der Waals surface area contributed by atoms with Crippen molar-refractivity contribution in [2.24, 2.45) is 0 Å². The van der Waals surface area contributed by atoms with Crippen molar-refractivity contribution in [3.63, 3.8) is 0 Å². The Labute approximate surface area is 115 Å². The lowest BCUT2D eigenvalue weighted by Crippen LogP contribution is -2.52. The Hall–Kier alpha value is -1.56. The van der Waals surface area contributed by atoms with Crippen LogP contribution < -0.4 is 5.32 Å². The molecule has 0 aliphatic carbocycles. The molecule has 0 amide bonds. The maximum atomic E-state index is 12.6. The molecule has 1 heterocycles. The molecule has 6 heteroatoms. The molecule has 0 radical (unpaired) electrons. The molecule has 1 atom stereocenters. The number of rotatable bonds is 2. The first kappa shape index (κ1) is 14.8. The number of alkyl halides is 3. The van der Waals surface area contributed by atoms with E-state index in [1.165, 1.54) is 19.2 Å². The minimum absolute atomic E-state index is 0.461. The number of esters is 1. The van der Waals surface area contributed by atoms with E-state index in [1.54, 1.807) is 0 Å². The van der Waals surface area contributed by atoms with Crippen LogP contribution in [0.5, 0.6) is 0 Å². The van der Waals surface area contributed by atoms with Gasteiger partial charge in [-0.05, 0) is 43.5 Å².